The Morgan fingerprint density at radius 3 is 2.36 bits per heavy atom. The summed E-state index contributed by atoms with van der Waals surface area (Å²) >= 11 is 5.64. The zero-order chi connectivity index (χ0) is 16.4. The fourth-order valence-corrected chi connectivity index (χ4v) is 1.42. The van der Waals surface area contributed by atoms with Crippen LogP contribution in [0.1, 0.15) is 13.8 Å². The molecule has 0 fully saturated rings. The van der Waals surface area contributed by atoms with Crippen molar-refractivity contribution >= 4 is 34.4 Å². The molecule has 0 amide bonds. The van der Waals surface area contributed by atoms with Crippen LogP contribution in [-0.4, -0.2) is 36.9 Å². The van der Waals surface area contributed by atoms with Crippen LogP contribution in [0.2, 0.25) is 0 Å². The Bertz CT molecular complexity index is 531. The van der Waals surface area contributed by atoms with Crippen molar-refractivity contribution in [1.82, 2.24) is 0 Å². The van der Waals surface area contributed by atoms with Crippen molar-refractivity contribution in [1.29, 1.82) is 0 Å². The largest absolute Gasteiger partial charge is 0.482 e. The van der Waals surface area contributed by atoms with Gasteiger partial charge in [-0.25, -0.2) is 9.59 Å². The zero-order valence-corrected chi connectivity index (χ0v) is 13.1. The van der Waals surface area contributed by atoms with Crippen molar-refractivity contribution < 1.29 is 23.8 Å². The van der Waals surface area contributed by atoms with Crippen LogP contribution in [-0.2, 0) is 19.1 Å². The summed E-state index contributed by atoms with van der Waals surface area (Å²) in [6.07, 6.45) is 0. The highest BCUT2D eigenvalue weighted by Crippen LogP contribution is 2.15. The Kier molecular flexibility index (Phi) is 7.77. The van der Waals surface area contributed by atoms with Gasteiger partial charge in [0.05, 0.1) is 18.9 Å². The summed E-state index contributed by atoms with van der Waals surface area (Å²) in [6, 6.07) is 6.57. The first-order valence-corrected chi connectivity index (χ1v) is 6.99. The number of rotatable bonds is 8. The molecule has 0 bridgehead atoms. The van der Waals surface area contributed by atoms with Crippen LogP contribution in [0.5, 0.6) is 5.75 Å². The molecule has 120 valence electrons. The minimum absolute atomic E-state index is 0.159. The van der Waals surface area contributed by atoms with E-state index in [9.17, 15) is 9.59 Å². The lowest BCUT2D eigenvalue weighted by Crippen LogP contribution is -2.14. The molecule has 0 aromatic heterocycles. The summed E-state index contributed by atoms with van der Waals surface area (Å²) in [6.45, 7) is 3.76. The van der Waals surface area contributed by atoms with Crippen LogP contribution >= 0.6 is 11.6 Å². The molecule has 0 aliphatic carbocycles. The number of carbonyl (C=O) groups excluding carboxylic acids is 2. The van der Waals surface area contributed by atoms with Gasteiger partial charge in [-0.3, -0.25) is 5.43 Å². The average molecular weight is 329 g/mol. The first kappa shape index (κ1) is 17.8. The van der Waals surface area contributed by atoms with Crippen LogP contribution in [0.15, 0.2) is 29.4 Å². The summed E-state index contributed by atoms with van der Waals surface area (Å²) in [7, 11) is 0. The van der Waals surface area contributed by atoms with Gasteiger partial charge in [0.25, 0.3) is 0 Å². The Balaban J connectivity index is 2.49. The van der Waals surface area contributed by atoms with Gasteiger partial charge in [-0.05, 0) is 38.1 Å². The minimum atomic E-state index is -0.703. The van der Waals surface area contributed by atoms with Gasteiger partial charge in [-0.2, -0.15) is 5.10 Å². The van der Waals surface area contributed by atoms with E-state index in [-0.39, 0.29) is 18.4 Å². The molecule has 1 N–H and O–H groups in total. The van der Waals surface area contributed by atoms with Gasteiger partial charge in [0.2, 0.25) is 5.17 Å². The third-order valence-corrected chi connectivity index (χ3v) is 2.48. The molecule has 0 spiro atoms. The van der Waals surface area contributed by atoms with Crippen molar-refractivity contribution in [2.45, 2.75) is 13.8 Å². The molecule has 0 radical (unpaired) electrons. The van der Waals surface area contributed by atoms with E-state index in [2.05, 4.69) is 15.3 Å². The first-order valence-electron chi connectivity index (χ1n) is 6.61. The van der Waals surface area contributed by atoms with E-state index >= 15 is 0 Å². The standard InChI is InChI=1S/C14H17ClN2O5/c1-3-20-12(18)9-22-11-7-5-10(6-8-11)16-17-13(15)14(19)21-4-2/h5-8,16H,3-4,9H2,1-2H3/b17-13-. The van der Waals surface area contributed by atoms with E-state index in [0.29, 0.717) is 18.0 Å². The van der Waals surface area contributed by atoms with Crippen LogP contribution in [0.25, 0.3) is 0 Å². The number of hydrogen-bond donors (Lipinski definition) is 1. The zero-order valence-electron chi connectivity index (χ0n) is 12.3. The van der Waals surface area contributed by atoms with Crippen molar-refractivity contribution in [2.75, 3.05) is 25.2 Å². The maximum Gasteiger partial charge on any atom is 0.370 e. The quantitative estimate of drug-likeness (QED) is 0.447. The number of ether oxygens (including phenoxy) is 3. The third-order valence-electron chi connectivity index (χ3n) is 2.24. The van der Waals surface area contributed by atoms with Crippen molar-refractivity contribution in [3.8, 4) is 5.75 Å². The SMILES string of the molecule is CCOC(=O)COc1ccc(N/N=C(\Cl)C(=O)OCC)cc1. The maximum absolute atomic E-state index is 11.2. The van der Waals surface area contributed by atoms with E-state index in [1.165, 1.54) is 0 Å². The highest BCUT2D eigenvalue weighted by Gasteiger charge is 2.08. The molecular weight excluding hydrogens is 312 g/mol. The second kappa shape index (κ2) is 9.62. The Morgan fingerprint density at radius 1 is 1.14 bits per heavy atom. The predicted octanol–water partition coefficient (Wildman–Crippen LogP) is 2.16. The van der Waals surface area contributed by atoms with Crippen molar-refractivity contribution in [3.05, 3.63) is 24.3 Å². The number of hydrazone groups is 1. The molecule has 1 aromatic rings. The molecular formula is C14H17ClN2O5. The second-order valence-corrected chi connectivity index (χ2v) is 4.21. The molecule has 8 heteroatoms. The lowest BCUT2D eigenvalue weighted by atomic mass is 10.3. The Labute approximate surface area is 133 Å². The fraction of sp³-hybridized carbons (Fsp3) is 0.357. The molecule has 0 saturated heterocycles. The third kappa shape index (κ3) is 6.45. The number of carbonyl (C=O) groups is 2. The molecule has 22 heavy (non-hydrogen) atoms. The number of esters is 2. The topological polar surface area (TPSA) is 86.2 Å². The normalized spacial score (nSPS) is 10.8. The Hall–Kier alpha value is -2.28. The van der Waals surface area contributed by atoms with Crippen LogP contribution in [0, 0.1) is 0 Å². The number of hydrogen-bond acceptors (Lipinski definition) is 7. The van der Waals surface area contributed by atoms with Gasteiger partial charge in [0.1, 0.15) is 5.75 Å². The van der Waals surface area contributed by atoms with Crippen molar-refractivity contribution in [3.63, 3.8) is 0 Å². The average Bonchev–Trinajstić information content (AvgIpc) is 2.52. The monoisotopic (exact) mass is 328 g/mol. The summed E-state index contributed by atoms with van der Waals surface area (Å²) in [5, 5.41) is 3.38. The Morgan fingerprint density at radius 2 is 1.77 bits per heavy atom. The minimum Gasteiger partial charge on any atom is -0.482 e. The number of anilines is 1. The van der Waals surface area contributed by atoms with Crippen LogP contribution < -0.4 is 10.2 Å². The molecule has 0 saturated carbocycles. The van der Waals surface area contributed by atoms with Gasteiger partial charge in [-0.1, -0.05) is 11.6 Å². The number of benzene rings is 1. The summed E-state index contributed by atoms with van der Waals surface area (Å²) in [5.74, 6) is -0.638. The van der Waals surface area contributed by atoms with Gasteiger partial charge in [0.15, 0.2) is 6.61 Å². The molecule has 1 rings (SSSR count). The second-order valence-electron chi connectivity index (χ2n) is 3.85. The number of nitrogens with zero attached hydrogens (tertiary/aromatic N) is 1. The smallest absolute Gasteiger partial charge is 0.370 e. The van der Waals surface area contributed by atoms with Gasteiger partial charge in [-0.15, -0.1) is 0 Å². The molecule has 7 nitrogen and oxygen atoms in total. The molecule has 0 aliphatic heterocycles. The lowest BCUT2D eigenvalue weighted by molar-refractivity contribution is -0.145. The molecule has 1 aromatic carbocycles. The van der Waals surface area contributed by atoms with Crippen LogP contribution in [0.4, 0.5) is 5.69 Å². The molecule has 0 atom stereocenters. The highest BCUT2D eigenvalue weighted by molar-refractivity contribution is 6.82. The molecule has 0 heterocycles. The lowest BCUT2D eigenvalue weighted by Gasteiger charge is -2.06. The maximum atomic E-state index is 11.2. The summed E-state index contributed by atoms with van der Waals surface area (Å²) < 4.78 is 14.7. The predicted molar refractivity (Wildman–Crippen MR) is 82.1 cm³/mol. The van der Waals surface area contributed by atoms with E-state index in [1.54, 1.807) is 38.1 Å². The number of halogens is 1. The number of nitrogens with one attached hydrogen (secondary N) is 1. The van der Waals surface area contributed by atoms with Gasteiger partial charge < -0.3 is 14.2 Å². The van der Waals surface area contributed by atoms with E-state index in [4.69, 9.17) is 21.1 Å². The van der Waals surface area contributed by atoms with Crippen LogP contribution in [0.3, 0.4) is 0 Å². The first-order chi connectivity index (χ1) is 10.6. The fourth-order valence-electron chi connectivity index (χ4n) is 1.32. The molecule has 0 aliphatic rings. The van der Waals surface area contributed by atoms with E-state index in [1.807, 2.05) is 0 Å². The van der Waals surface area contributed by atoms with Gasteiger partial charge in [0, 0.05) is 0 Å². The summed E-state index contributed by atoms with van der Waals surface area (Å²) in [4.78, 5) is 22.4. The van der Waals surface area contributed by atoms with Gasteiger partial charge >= 0.3 is 11.9 Å². The van der Waals surface area contributed by atoms with E-state index < -0.39 is 11.9 Å². The highest BCUT2D eigenvalue weighted by atomic mass is 35.5. The molecule has 0 unspecified atom stereocenters. The summed E-state index contributed by atoms with van der Waals surface area (Å²) in [5.41, 5.74) is 3.19. The van der Waals surface area contributed by atoms with E-state index in [0.717, 1.165) is 0 Å². The van der Waals surface area contributed by atoms with Crippen molar-refractivity contribution in [2.24, 2.45) is 5.10 Å².